The fourth-order valence-electron chi connectivity index (χ4n) is 4.15. The van der Waals surface area contributed by atoms with E-state index in [1.807, 2.05) is 11.9 Å². The van der Waals surface area contributed by atoms with Crippen LogP contribution in [-0.2, 0) is 16.6 Å². The highest BCUT2D eigenvalue weighted by atomic mass is 16.2. The molecule has 0 radical (unpaired) electrons. The number of carbonyl (C=O) groups excluding carboxylic acids is 2. The van der Waals surface area contributed by atoms with E-state index >= 15 is 0 Å². The average molecular weight is 385 g/mol. The van der Waals surface area contributed by atoms with Crippen LogP contribution in [0.4, 0.5) is 5.82 Å². The monoisotopic (exact) mass is 385 g/mol. The van der Waals surface area contributed by atoms with Gasteiger partial charge in [-0.25, -0.2) is 9.97 Å². The minimum atomic E-state index is -0.0157. The summed E-state index contributed by atoms with van der Waals surface area (Å²) in [6.07, 6.45) is 8.66. The molecule has 4 rings (SSSR count). The second-order valence-electron chi connectivity index (χ2n) is 7.62. The number of nitrogens with one attached hydrogen (secondary N) is 1. The number of hydrogen-bond donors (Lipinski definition) is 1. The first-order chi connectivity index (χ1) is 13.6. The van der Waals surface area contributed by atoms with E-state index in [9.17, 15) is 9.59 Å². The Labute approximate surface area is 164 Å². The maximum absolute atomic E-state index is 12.5. The Morgan fingerprint density at radius 1 is 1.11 bits per heavy atom. The summed E-state index contributed by atoms with van der Waals surface area (Å²) in [5.74, 6) is 0.957. The van der Waals surface area contributed by atoms with Crippen molar-refractivity contribution in [3.05, 3.63) is 12.5 Å². The highest BCUT2D eigenvalue weighted by molar-refractivity contribution is 5.87. The van der Waals surface area contributed by atoms with Gasteiger partial charge in [-0.3, -0.25) is 14.3 Å². The summed E-state index contributed by atoms with van der Waals surface area (Å²) in [4.78, 5) is 37.4. The third-order valence-corrected chi connectivity index (χ3v) is 5.83. The lowest BCUT2D eigenvalue weighted by Crippen LogP contribution is -2.51. The van der Waals surface area contributed by atoms with Crippen LogP contribution in [0.15, 0.2) is 12.5 Å². The number of nitrogens with zero attached hydrogens (tertiary/aromatic N) is 6. The van der Waals surface area contributed by atoms with E-state index in [1.54, 1.807) is 17.2 Å². The molecular formula is C19H27N7O2. The Balaban J connectivity index is 1.30. The van der Waals surface area contributed by atoms with Crippen LogP contribution < -0.4 is 10.2 Å². The Bertz CT molecular complexity index is 851. The molecule has 0 atom stereocenters. The first kappa shape index (κ1) is 18.6. The number of rotatable bonds is 4. The Morgan fingerprint density at radius 3 is 2.61 bits per heavy atom. The van der Waals surface area contributed by atoms with E-state index in [4.69, 9.17) is 0 Å². The van der Waals surface area contributed by atoms with Crippen molar-refractivity contribution in [3.63, 3.8) is 0 Å². The molecule has 0 bridgehead atoms. The van der Waals surface area contributed by atoms with Gasteiger partial charge < -0.3 is 15.1 Å². The molecule has 1 aliphatic carbocycles. The number of fused-ring (bicyclic) bond motifs is 1. The topological polar surface area (TPSA) is 96.2 Å². The van der Waals surface area contributed by atoms with Crippen LogP contribution in [0.3, 0.4) is 0 Å². The quantitative estimate of drug-likeness (QED) is 0.833. The van der Waals surface area contributed by atoms with Gasteiger partial charge in [-0.2, -0.15) is 5.10 Å². The molecular weight excluding hydrogens is 358 g/mol. The molecule has 2 aliphatic rings. The van der Waals surface area contributed by atoms with Crippen LogP contribution in [0.2, 0.25) is 0 Å². The third kappa shape index (κ3) is 3.79. The van der Waals surface area contributed by atoms with Crippen molar-refractivity contribution in [2.24, 2.45) is 13.0 Å². The maximum Gasteiger partial charge on any atom is 0.242 e. The lowest BCUT2D eigenvalue weighted by molar-refractivity contribution is -0.134. The van der Waals surface area contributed by atoms with Crippen LogP contribution in [0.5, 0.6) is 0 Å². The minimum absolute atomic E-state index is 0.0157. The normalized spacial score (nSPS) is 18.5. The van der Waals surface area contributed by atoms with E-state index in [2.05, 4.69) is 25.3 Å². The number of carbonyl (C=O) groups is 2. The van der Waals surface area contributed by atoms with Gasteiger partial charge in [0.25, 0.3) is 0 Å². The summed E-state index contributed by atoms with van der Waals surface area (Å²) in [6, 6.07) is 0. The van der Waals surface area contributed by atoms with Gasteiger partial charge in [-0.15, -0.1) is 0 Å². The van der Waals surface area contributed by atoms with Crippen molar-refractivity contribution in [1.29, 1.82) is 0 Å². The molecule has 150 valence electrons. The van der Waals surface area contributed by atoms with Gasteiger partial charge in [0.1, 0.15) is 12.1 Å². The van der Waals surface area contributed by atoms with Gasteiger partial charge in [-0.05, 0) is 12.8 Å². The maximum atomic E-state index is 12.5. The van der Waals surface area contributed by atoms with Crippen LogP contribution in [0.25, 0.3) is 11.0 Å². The first-order valence-corrected chi connectivity index (χ1v) is 10.1. The van der Waals surface area contributed by atoms with Gasteiger partial charge in [-0.1, -0.05) is 19.3 Å². The summed E-state index contributed by atoms with van der Waals surface area (Å²) in [5, 5.41) is 8.02. The van der Waals surface area contributed by atoms with Crippen molar-refractivity contribution in [1.82, 2.24) is 30.0 Å². The second-order valence-corrected chi connectivity index (χ2v) is 7.62. The molecule has 2 amide bonds. The van der Waals surface area contributed by atoms with Crippen molar-refractivity contribution >= 4 is 28.7 Å². The summed E-state index contributed by atoms with van der Waals surface area (Å²) in [6.45, 7) is 2.72. The molecule has 1 saturated heterocycles. The summed E-state index contributed by atoms with van der Waals surface area (Å²) in [5.41, 5.74) is 0.800. The summed E-state index contributed by atoms with van der Waals surface area (Å²) >= 11 is 0. The lowest BCUT2D eigenvalue weighted by Gasteiger charge is -2.35. The van der Waals surface area contributed by atoms with Crippen molar-refractivity contribution in [3.8, 4) is 0 Å². The van der Waals surface area contributed by atoms with E-state index in [0.717, 1.165) is 42.5 Å². The Hall–Kier alpha value is -2.71. The molecule has 1 N–H and O–H groups in total. The largest absolute Gasteiger partial charge is 0.352 e. The Morgan fingerprint density at radius 2 is 1.86 bits per heavy atom. The molecule has 0 unspecified atom stereocenters. The fraction of sp³-hybridized carbons (Fsp3) is 0.632. The number of amides is 2. The smallest absolute Gasteiger partial charge is 0.242 e. The van der Waals surface area contributed by atoms with Crippen LogP contribution in [0, 0.1) is 5.92 Å². The zero-order chi connectivity index (χ0) is 19.5. The predicted molar refractivity (Wildman–Crippen MR) is 105 cm³/mol. The lowest BCUT2D eigenvalue weighted by atomic mass is 9.89. The van der Waals surface area contributed by atoms with Gasteiger partial charge in [0.05, 0.1) is 18.1 Å². The summed E-state index contributed by atoms with van der Waals surface area (Å²) in [7, 11) is 1.86. The van der Waals surface area contributed by atoms with Crippen molar-refractivity contribution in [2.75, 3.05) is 37.6 Å². The minimum Gasteiger partial charge on any atom is -0.352 e. The first-order valence-electron chi connectivity index (χ1n) is 10.1. The van der Waals surface area contributed by atoms with Crippen LogP contribution >= 0.6 is 0 Å². The number of hydrogen-bond acceptors (Lipinski definition) is 6. The molecule has 9 heteroatoms. The standard InChI is InChI=1S/C19H27N7O2/c1-24-17-15(11-23-24)18(22-13-21-17)26-9-7-25(8-10-26)16(27)12-20-19(28)14-5-3-2-4-6-14/h11,13-14H,2-10,12H2,1H3,(H,20,28). The van der Waals surface area contributed by atoms with E-state index < -0.39 is 0 Å². The van der Waals surface area contributed by atoms with Gasteiger partial charge in [0.2, 0.25) is 11.8 Å². The second kappa shape index (κ2) is 8.12. The van der Waals surface area contributed by atoms with E-state index in [1.165, 1.54) is 6.42 Å². The van der Waals surface area contributed by atoms with Gasteiger partial charge in [0, 0.05) is 39.1 Å². The summed E-state index contributed by atoms with van der Waals surface area (Å²) < 4.78 is 1.73. The highest BCUT2D eigenvalue weighted by Crippen LogP contribution is 2.24. The van der Waals surface area contributed by atoms with E-state index in [-0.39, 0.29) is 24.3 Å². The molecule has 1 saturated carbocycles. The van der Waals surface area contributed by atoms with Gasteiger partial charge >= 0.3 is 0 Å². The molecule has 9 nitrogen and oxygen atoms in total. The molecule has 3 heterocycles. The number of anilines is 1. The van der Waals surface area contributed by atoms with Crippen molar-refractivity contribution in [2.45, 2.75) is 32.1 Å². The Kier molecular flexibility index (Phi) is 5.40. The molecule has 1 aliphatic heterocycles. The fourth-order valence-corrected chi connectivity index (χ4v) is 4.15. The molecule has 2 aromatic rings. The SMILES string of the molecule is Cn1ncc2c(N3CCN(C(=O)CNC(=O)C4CCCCC4)CC3)ncnc21. The van der Waals surface area contributed by atoms with Crippen LogP contribution in [0.1, 0.15) is 32.1 Å². The van der Waals surface area contributed by atoms with Gasteiger partial charge in [0.15, 0.2) is 5.65 Å². The average Bonchev–Trinajstić information content (AvgIpc) is 3.13. The van der Waals surface area contributed by atoms with Crippen LogP contribution in [-0.4, -0.2) is 69.2 Å². The number of piperazine rings is 1. The molecule has 0 aromatic carbocycles. The molecule has 2 aromatic heterocycles. The number of aromatic nitrogens is 4. The van der Waals surface area contributed by atoms with E-state index in [0.29, 0.717) is 26.2 Å². The predicted octanol–water partition coefficient (Wildman–Crippen LogP) is 0.708. The zero-order valence-electron chi connectivity index (χ0n) is 16.3. The zero-order valence-corrected chi connectivity index (χ0v) is 16.3. The molecule has 28 heavy (non-hydrogen) atoms. The number of aryl methyl sites for hydroxylation is 1. The highest BCUT2D eigenvalue weighted by Gasteiger charge is 2.25. The third-order valence-electron chi connectivity index (χ3n) is 5.83. The molecule has 0 spiro atoms. The molecule has 2 fully saturated rings. The van der Waals surface area contributed by atoms with Crippen molar-refractivity contribution < 1.29 is 9.59 Å².